The highest BCUT2D eigenvalue weighted by atomic mass is 16.6. The highest BCUT2D eigenvalue weighted by molar-refractivity contribution is 5.52. The number of nitro benzene ring substituents is 1. The van der Waals surface area contributed by atoms with Gasteiger partial charge in [0.1, 0.15) is 11.8 Å². The lowest BCUT2D eigenvalue weighted by molar-refractivity contribution is -0.385. The standard InChI is InChI=1S/C13H9N3O4/c1-19-13-5-4-9(7-11(13)16(17)18)20-12-3-2-6-15-10(12)8-14/h2-7H,1H3. The second kappa shape index (κ2) is 5.67. The number of rotatable bonds is 4. The van der Waals surface area contributed by atoms with Crippen LogP contribution in [0.5, 0.6) is 17.2 Å². The van der Waals surface area contributed by atoms with E-state index in [2.05, 4.69) is 4.98 Å². The molecule has 1 aromatic carbocycles. The Morgan fingerprint density at radius 3 is 2.80 bits per heavy atom. The van der Waals surface area contributed by atoms with Gasteiger partial charge >= 0.3 is 5.69 Å². The highest BCUT2D eigenvalue weighted by Crippen LogP contribution is 2.33. The van der Waals surface area contributed by atoms with Crippen molar-refractivity contribution in [2.45, 2.75) is 0 Å². The van der Waals surface area contributed by atoms with Crippen molar-refractivity contribution in [1.82, 2.24) is 4.98 Å². The minimum absolute atomic E-state index is 0.103. The zero-order valence-corrected chi connectivity index (χ0v) is 10.4. The summed E-state index contributed by atoms with van der Waals surface area (Å²) < 4.78 is 10.3. The van der Waals surface area contributed by atoms with Crippen LogP contribution in [0.15, 0.2) is 36.5 Å². The van der Waals surface area contributed by atoms with Crippen molar-refractivity contribution < 1.29 is 14.4 Å². The van der Waals surface area contributed by atoms with Crippen molar-refractivity contribution in [1.29, 1.82) is 5.26 Å². The zero-order chi connectivity index (χ0) is 14.5. The average molecular weight is 271 g/mol. The molecule has 7 heteroatoms. The predicted molar refractivity (Wildman–Crippen MR) is 68.7 cm³/mol. The molecule has 0 atom stereocenters. The Bertz CT molecular complexity index is 694. The van der Waals surface area contributed by atoms with E-state index in [1.54, 1.807) is 12.1 Å². The first-order valence-electron chi connectivity index (χ1n) is 5.51. The molecule has 0 fully saturated rings. The summed E-state index contributed by atoms with van der Waals surface area (Å²) in [5, 5.41) is 19.8. The van der Waals surface area contributed by atoms with Gasteiger partial charge in [-0.1, -0.05) is 0 Å². The van der Waals surface area contributed by atoms with Crippen LogP contribution in [0.2, 0.25) is 0 Å². The van der Waals surface area contributed by atoms with Crippen molar-refractivity contribution in [3.8, 4) is 23.3 Å². The van der Waals surface area contributed by atoms with Gasteiger partial charge in [-0.3, -0.25) is 10.1 Å². The highest BCUT2D eigenvalue weighted by Gasteiger charge is 2.16. The van der Waals surface area contributed by atoms with E-state index in [1.165, 1.54) is 31.5 Å². The van der Waals surface area contributed by atoms with Crippen molar-refractivity contribution in [2.24, 2.45) is 0 Å². The fourth-order valence-electron chi connectivity index (χ4n) is 1.56. The lowest BCUT2D eigenvalue weighted by Gasteiger charge is -2.07. The van der Waals surface area contributed by atoms with Gasteiger partial charge in [0.25, 0.3) is 0 Å². The average Bonchev–Trinajstić information content (AvgIpc) is 2.47. The molecule has 0 radical (unpaired) electrons. The van der Waals surface area contributed by atoms with Gasteiger partial charge in [-0.05, 0) is 24.3 Å². The molecule has 0 spiro atoms. The Balaban J connectivity index is 2.37. The van der Waals surface area contributed by atoms with Gasteiger partial charge in [-0.2, -0.15) is 5.26 Å². The second-order valence-corrected chi connectivity index (χ2v) is 3.65. The Morgan fingerprint density at radius 2 is 2.15 bits per heavy atom. The molecule has 0 aliphatic heterocycles. The van der Waals surface area contributed by atoms with E-state index >= 15 is 0 Å². The Labute approximate surface area is 114 Å². The molecule has 20 heavy (non-hydrogen) atoms. The minimum Gasteiger partial charge on any atom is -0.490 e. The fourth-order valence-corrected chi connectivity index (χ4v) is 1.56. The van der Waals surface area contributed by atoms with Gasteiger partial charge in [0.15, 0.2) is 17.2 Å². The van der Waals surface area contributed by atoms with E-state index in [0.29, 0.717) is 0 Å². The van der Waals surface area contributed by atoms with E-state index in [9.17, 15) is 10.1 Å². The van der Waals surface area contributed by atoms with Crippen molar-refractivity contribution in [3.05, 3.63) is 52.3 Å². The third-order valence-electron chi connectivity index (χ3n) is 2.45. The first-order valence-corrected chi connectivity index (χ1v) is 5.51. The number of hydrogen-bond acceptors (Lipinski definition) is 6. The van der Waals surface area contributed by atoms with Crippen LogP contribution in [0.25, 0.3) is 0 Å². The quantitative estimate of drug-likeness (QED) is 0.626. The number of nitrogens with zero attached hydrogens (tertiary/aromatic N) is 3. The number of aromatic nitrogens is 1. The summed E-state index contributed by atoms with van der Waals surface area (Å²) in [6.45, 7) is 0. The molecule has 0 N–H and O–H groups in total. The van der Waals surface area contributed by atoms with Gasteiger partial charge in [0.2, 0.25) is 0 Å². The van der Waals surface area contributed by atoms with Crippen LogP contribution in [0.4, 0.5) is 5.69 Å². The molecular weight excluding hydrogens is 262 g/mol. The summed E-state index contributed by atoms with van der Waals surface area (Å²) in [6.07, 6.45) is 1.46. The number of nitriles is 1. The lowest BCUT2D eigenvalue weighted by Crippen LogP contribution is -1.95. The molecule has 0 aliphatic carbocycles. The zero-order valence-electron chi connectivity index (χ0n) is 10.4. The number of ether oxygens (including phenoxy) is 2. The van der Waals surface area contributed by atoms with Crippen LogP contribution < -0.4 is 9.47 Å². The van der Waals surface area contributed by atoms with Crippen LogP contribution >= 0.6 is 0 Å². The Hall–Kier alpha value is -3.14. The van der Waals surface area contributed by atoms with E-state index in [1.807, 2.05) is 6.07 Å². The van der Waals surface area contributed by atoms with Crippen molar-refractivity contribution in [3.63, 3.8) is 0 Å². The normalized spacial score (nSPS) is 9.60. The van der Waals surface area contributed by atoms with Crippen molar-refractivity contribution >= 4 is 5.69 Å². The van der Waals surface area contributed by atoms with Gasteiger partial charge in [-0.15, -0.1) is 0 Å². The number of methoxy groups -OCH3 is 1. The molecule has 7 nitrogen and oxygen atoms in total. The summed E-state index contributed by atoms with van der Waals surface area (Å²) in [7, 11) is 1.35. The number of nitro groups is 1. The molecule has 100 valence electrons. The molecule has 0 amide bonds. The maximum atomic E-state index is 10.9. The first kappa shape index (κ1) is 13.3. The lowest BCUT2D eigenvalue weighted by atomic mass is 10.2. The molecular formula is C13H9N3O4. The largest absolute Gasteiger partial charge is 0.490 e. The molecule has 0 saturated heterocycles. The van der Waals surface area contributed by atoms with E-state index in [4.69, 9.17) is 14.7 Å². The van der Waals surface area contributed by atoms with Gasteiger partial charge < -0.3 is 9.47 Å². The number of hydrogen-bond donors (Lipinski definition) is 0. The smallest absolute Gasteiger partial charge is 0.314 e. The molecule has 1 aromatic heterocycles. The first-order chi connectivity index (χ1) is 9.65. The molecule has 0 unspecified atom stereocenters. The van der Waals surface area contributed by atoms with Crippen LogP contribution in [-0.4, -0.2) is 17.0 Å². The fraction of sp³-hybridized carbons (Fsp3) is 0.0769. The van der Waals surface area contributed by atoms with E-state index < -0.39 is 4.92 Å². The van der Waals surface area contributed by atoms with Crippen LogP contribution in [0.1, 0.15) is 5.69 Å². The van der Waals surface area contributed by atoms with E-state index in [0.717, 1.165) is 0 Å². The Morgan fingerprint density at radius 1 is 1.35 bits per heavy atom. The molecule has 2 rings (SSSR count). The topological polar surface area (TPSA) is 98.3 Å². The summed E-state index contributed by atoms with van der Waals surface area (Å²) in [5.74, 6) is 0.588. The summed E-state index contributed by atoms with van der Waals surface area (Å²) in [4.78, 5) is 14.2. The van der Waals surface area contributed by atoms with Gasteiger partial charge in [0.05, 0.1) is 18.1 Å². The summed E-state index contributed by atoms with van der Waals surface area (Å²) in [5.41, 5.74) is -0.113. The summed E-state index contributed by atoms with van der Waals surface area (Å²) in [6, 6.07) is 9.21. The van der Waals surface area contributed by atoms with Gasteiger partial charge in [0, 0.05) is 6.20 Å². The SMILES string of the molecule is COc1ccc(Oc2cccnc2C#N)cc1[N+](=O)[O-]. The Kier molecular flexibility index (Phi) is 3.77. The van der Waals surface area contributed by atoms with Crippen molar-refractivity contribution in [2.75, 3.05) is 7.11 Å². The van der Waals surface area contributed by atoms with Gasteiger partial charge in [-0.25, -0.2) is 4.98 Å². The number of pyridine rings is 1. The van der Waals surface area contributed by atoms with Crippen LogP contribution in [0.3, 0.4) is 0 Å². The van der Waals surface area contributed by atoms with Crippen LogP contribution in [0, 0.1) is 21.4 Å². The van der Waals surface area contributed by atoms with E-state index in [-0.39, 0.29) is 28.6 Å². The third kappa shape index (κ3) is 2.64. The minimum atomic E-state index is -0.569. The maximum Gasteiger partial charge on any atom is 0.314 e. The second-order valence-electron chi connectivity index (χ2n) is 3.65. The summed E-state index contributed by atoms with van der Waals surface area (Å²) >= 11 is 0. The molecule has 0 saturated carbocycles. The monoisotopic (exact) mass is 271 g/mol. The molecule has 1 heterocycles. The van der Waals surface area contributed by atoms with Crippen LogP contribution in [-0.2, 0) is 0 Å². The molecule has 2 aromatic rings. The molecule has 0 aliphatic rings. The number of benzene rings is 1. The molecule has 0 bridgehead atoms. The predicted octanol–water partition coefficient (Wildman–Crippen LogP) is 2.66. The maximum absolute atomic E-state index is 10.9. The third-order valence-corrected chi connectivity index (χ3v) is 2.45.